The molecule has 0 radical (unpaired) electrons. The van der Waals surface area contributed by atoms with Crippen molar-refractivity contribution in [1.82, 2.24) is 0 Å². The zero-order chi connectivity index (χ0) is 16.9. The maximum absolute atomic E-state index is 9.69. The van der Waals surface area contributed by atoms with Gasteiger partial charge in [-0.25, -0.2) is 0 Å². The summed E-state index contributed by atoms with van der Waals surface area (Å²) in [6, 6.07) is 10.7. The summed E-state index contributed by atoms with van der Waals surface area (Å²) >= 11 is 0. The summed E-state index contributed by atoms with van der Waals surface area (Å²) in [4.78, 5) is 4.49. The van der Waals surface area contributed by atoms with Crippen LogP contribution in [-0.2, 0) is 0 Å². The minimum Gasteiger partial charge on any atom is -0.493 e. The Kier molecular flexibility index (Phi) is 4.86. The van der Waals surface area contributed by atoms with Crippen LogP contribution >= 0.6 is 0 Å². The maximum atomic E-state index is 9.69. The van der Waals surface area contributed by atoms with E-state index in [9.17, 15) is 5.11 Å². The molecule has 3 rings (SSSR count). The minimum absolute atomic E-state index is 0.123. The summed E-state index contributed by atoms with van der Waals surface area (Å²) in [6.07, 6.45) is 1.67. The van der Waals surface area contributed by atoms with Gasteiger partial charge in [0, 0.05) is 11.8 Å². The van der Waals surface area contributed by atoms with Gasteiger partial charge in [0.25, 0.3) is 0 Å². The molecule has 1 atom stereocenters. The summed E-state index contributed by atoms with van der Waals surface area (Å²) < 4.78 is 21.3. The Hall–Kier alpha value is -2.73. The van der Waals surface area contributed by atoms with Gasteiger partial charge in [-0.05, 0) is 29.8 Å². The van der Waals surface area contributed by atoms with Crippen LogP contribution in [-0.4, -0.2) is 38.9 Å². The summed E-state index contributed by atoms with van der Waals surface area (Å²) in [5.74, 6) is 2.60. The number of benzene rings is 2. The van der Waals surface area contributed by atoms with Gasteiger partial charge >= 0.3 is 0 Å². The number of rotatable bonds is 6. The zero-order valence-corrected chi connectivity index (χ0v) is 13.6. The lowest BCUT2D eigenvalue weighted by atomic mass is 10.1. The Morgan fingerprint density at radius 2 is 2.00 bits per heavy atom. The molecule has 1 aliphatic rings. The molecule has 1 aliphatic heterocycles. The molecule has 0 aromatic heterocycles. The molecular formula is C18H19NO5. The van der Waals surface area contributed by atoms with E-state index >= 15 is 0 Å². The van der Waals surface area contributed by atoms with E-state index in [1.54, 1.807) is 20.4 Å². The first kappa shape index (κ1) is 16.1. The number of ether oxygens (including phenoxy) is 4. The second-order valence-electron chi connectivity index (χ2n) is 5.17. The van der Waals surface area contributed by atoms with E-state index in [1.807, 2.05) is 36.4 Å². The van der Waals surface area contributed by atoms with Gasteiger partial charge in [0.15, 0.2) is 23.0 Å². The van der Waals surface area contributed by atoms with Crippen LogP contribution in [0.4, 0.5) is 0 Å². The van der Waals surface area contributed by atoms with Crippen molar-refractivity contribution in [3.63, 3.8) is 0 Å². The van der Waals surface area contributed by atoms with Gasteiger partial charge in [-0.15, -0.1) is 0 Å². The molecular weight excluding hydrogens is 310 g/mol. The molecule has 1 heterocycles. The molecule has 0 aliphatic carbocycles. The average molecular weight is 329 g/mol. The molecule has 0 saturated carbocycles. The van der Waals surface area contributed by atoms with Gasteiger partial charge in [0.05, 0.1) is 26.9 Å². The van der Waals surface area contributed by atoms with E-state index in [0.29, 0.717) is 23.0 Å². The standard InChI is InChI=1S/C18H19NO5/c1-21-16-5-3-4-13(18(16)22-2)9-19-14(10-20)12-6-7-15-17(8-12)24-11-23-15/h3-9,14,20H,10-11H2,1-2H3/t14-/m1/s1. The molecule has 2 aromatic carbocycles. The first-order chi connectivity index (χ1) is 11.8. The molecule has 126 valence electrons. The van der Waals surface area contributed by atoms with Crippen LogP contribution in [0.25, 0.3) is 0 Å². The second-order valence-corrected chi connectivity index (χ2v) is 5.17. The predicted octanol–water partition coefficient (Wildman–Crippen LogP) is 2.59. The van der Waals surface area contributed by atoms with E-state index in [0.717, 1.165) is 11.1 Å². The Morgan fingerprint density at radius 1 is 1.17 bits per heavy atom. The quantitative estimate of drug-likeness (QED) is 0.825. The number of aliphatic imine (C=N–C) groups is 1. The number of para-hydroxylation sites is 1. The van der Waals surface area contributed by atoms with Crippen molar-refractivity contribution in [3.8, 4) is 23.0 Å². The normalized spacial score (nSPS) is 14.0. The predicted molar refractivity (Wildman–Crippen MR) is 89.5 cm³/mol. The molecule has 0 amide bonds. The van der Waals surface area contributed by atoms with Gasteiger partial charge in [-0.3, -0.25) is 4.99 Å². The molecule has 0 unspecified atom stereocenters. The number of fused-ring (bicyclic) bond motifs is 1. The third-order valence-corrected chi connectivity index (χ3v) is 3.78. The molecule has 0 spiro atoms. The lowest BCUT2D eigenvalue weighted by Gasteiger charge is -2.12. The highest BCUT2D eigenvalue weighted by Crippen LogP contribution is 2.35. The fourth-order valence-corrected chi connectivity index (χ4v) is 2.54. The van der Waals surface area contributed by atoms with Crippen molar-refractivity contribution >= 4 is 6.21 Å². The van der Waals surface area contributed by atoms with Crippen molar-refractivity contribution in [2.24, 2.45) is 4.99 Å². The van der Waals surface area contributed by atoms with Crippen LogP contribution in [0, 0.1) is 0 Å². The number of hydrogen-bond acceptors (Lipinski definition) is 6. The average Bonchev–Trinajstić information content (AvgIpc) is 3.09. The molecule has 6 nitrogen and oxygen atoms in total. The summed E-state index contributed by atoms with van der Waals surface area (Å²) in [6.45, 7) is 0.0925. The van der Waals surface area contributed by atoms with Crippen molar-refractivity contribution in [1.29, 1.82) is 0 Å². The number of aliphatic hydroxyl groups excluding tert-OH is 1. The Balaban J connectivity index is 1.87. The van der Waals surface area contributed by atoms with Gasteiger partial charge in [0.2, 0.25) is 6.79 Å². The fraction of sp³-hybridized carbons (Fsp3) is 0.278. The van der Waals surface area contributed by atoms with Gasteiger partial charge in [-0.1, -0.05) is 12.1 Å². The number of aliphatic hydroxyl groups is 1. The third kappa shape index (κ3) is 3.14. The van der Waals surface area contributed by atoms with Gasteiger partial charge < -0.3 is 24.1 Å². The molecule has 0 fully saturated rings. The largest absolute Gasteiger partial charge is 0.493 e. The lowest BCUT2D eigenvalue weighted by Crippen LogP contribution is -2.02. The van der Waals surface area contributed by atoms with E-state index in [-0.39, 0.29) is 13.4 Å². The van der Waals surface area contributed by atoms with E-state index in [2.05, 4.69) is 4.99 Å². The highest BCUT2D eigenvalue weighted by molar-refractivity contribution is 5.85. The van der Waals surface area contributed by atoms with Gasteiger partial charge in [0.1, 0.15) is 0 Å². The third-order valence-electron chi connectivity index (χ3n) is 3.78. The monoisotopic (exact) mass is 329 g/mol. The van der Waals surface area contributed by atoms with Gasteiger partial charge in [-0.2, -0.15) is 0 Å². The molecule has 1 N–H and O–H groups in total. The highest BCUT2D eigenvalue weighted by Gasteiger charge is 2.17. The first-order valence-electron chi connectivity index (χ1n) is 7.51. The van der Waals surface area contributed by atoms with Crippen molar-refractivity contribution < 1.29 is 24.1 Å². The maximum Gasteiger partial charge on any atom is 0.231 e. The van der Waals surface area contributed by atoms with Crippen LogP contribution < -0.4 is 18.9 Å². The number of hydrogen-bond donors (Lipinski definition) is 1. The first-order valence-corrected chi connectivity index (χ1v) is 7.51. The lowest BCUT2D eigenvalue weighted by molar-refractivity contribution is 0.174. The van der Waals surface area contributed by atoms with Crippen molar-refractivity contribution in [2.45, 2.75) is 6.04 Å². The number of nitrogens with zero attached hydrogens (tertiary/aromatic N) is 1. The summed E-state index contributed by atoms with van der Waals surface area (Å²) in [5.41, 5.74) is 1.62. The van der Waals surface area contributed by atoms with Crippen LogP contribution in [0.15, 0.2) is 41.4 Å². The molecule has 0 saturated heterocycles. The van der Waals surface area contributed by atoms with Crippen LogP contribution in [0.2, 0.25) is 0 Å². The summed E-state index contributed by atoms with van der Waals surface area (Å²) in [5, 5.41) is 9.69. The molecule has 0 bridgehead atoms. The van der Waals surface area contributed by atoms with Crippen molar-refractivity contribution in [2.75, 3.05) is 27.6 Å². The SMILES string of the molecule is COc1cccc(C=N[C@H](CO)c2ccc3c(c2)OCO3)c1OC. The van der Waals surface area contributed by atoms with Crippen LogP contribution in [0.5, 0.6) is 23.0 Å². The molecule has 24 heavy (non-hydrogen) atoms. The summed E-state index contributed by atoms with van der Waals surface area (Å²) in [7, 11) is 3.17. The zero-order valence-electron chi connectivity index (χ0n) is 13.6. The second kappa shape index (κ2) is 7.23. The smallest absolute Gasteiger partial charge is 0.231 e. The minimum atomic E-state index is -0.407. The topological polar surface area (TPSA) is 69.5 Å². The molecule has 6 heteroatoms. The van der Waals surface area contributed by atoms with Crippen molar-refractivity contribution in [3.05, 3.63) is 47.5 Å². The Morgan fingerprint density at radius 3 is 2.75 bits per heavy atom. The fourth-order valence-electron chi connectivity index (χ4n) is 2.54. The van der Waals surface area contributed by atoms with Crippen LogP contribution in [0.1, 0.15) is 17.2 Å². The molecule has 2 aromatic rings. The van der Waals surface area contributed by atoms with E-state index in [1.165, 1.54) is 0 Å². The van der Waals surface area contributed by atoms with Crippen LogP contribution in [0.3, 0.4) is 0 Å². The Labute approximate surface area is 140 Å². The highest BCUT2D eigenvalue weighted by atomic mass is 16.7. The Bertz CT molecular complexity index is 744. The number of methoxy groups -OCH3 is 2. The van der Waals surface area contributed by atoms with E-state index in [4.69, 9.17) is 18.9 Å². The van der Waals surface area contributed by atoms with E-state index < -0.39 is 6.04 Å².